The van der Waals surface area contributed by atoms with Gasteiger partial charge in [0.25, 0.3) is 0 Å². The molecule has 0 unspecified atom stereocenters. The molecule has 130 valence electrons. The fourth-order valence-corrected chi connectivity index (χ4v) is 2.64. The number of amides is 1. The number of aromatic nitrogens is 2. The highest BCUT2D eigenvalue weighted by molar-refractivity contribution is 6.42. The lowest BCUT2D eigenvalue weighted by atomic mass is 10.1. The van der Waals surface area contributed by atoms with Crippen molar-refractivity contribution in [3.8, 4) is 5.69 Å². The minimum atomic E-state index is -0.440. The van der Waals surface area contributed by atoms with E-state index in [2.05, 4.69) is 10.4 Å². The maximum Gasteiger partial charge on any atom is 0.224 e. The molecule has 0 bridgehead atoms. The molecule has 0 saturated carbocycles. The summed E-state index contributed by atoms with van der Waals surface area (Å²) in [6, 6.07) is 5.32. The van der Waals surface area contributed by atoms with Gasteiger partial charge in [0, 0.05) is 23.3 Å². The van der Waals surface area contributed by atoms with Crippen molar-refractivity contribution in [2.45, 2.75) is 39.7 Å². The smallest absolute Gasteiger partial charge is 0.224 e. The number of carbonyl (C=O) groups is 1. The highest BCUT2D eigenvalue weighted by Crippen LogP contribution is 2.26. The van der Waals surface area contributed by atoms with E-state index >= 15 is 0 Å². The monoisotopic (exact) mass is 368 g/mol. The summed E-state index contributed by atoms with van der Waals surface area (Å²) < 4.78 is 1.77. The predicted octanol–water partition coefficient (Wildman–Crippen LogP) is 3.19. The number of nitrogens with one attached hydrogen (secondary N) is 1. The molecule has 1 aromatic heterocycles. The fraction of sp³-hybridized carbons (Fsp3) is 0.412. The molecule has 0 fully saturated rings. The lowest BCUT2D eigenvalue weighted by Crippen LogP contribution is -2.45. The van der Waals surface area contributed by atoms with Gasteiger partial charge in [-0.2, -0.15) is 5.10 Å². The van der Waals surface area contributed by atoms with Crippen molar-refractivity contribution < 1.29 is 4.79 Å². The van der Waals surface area contributed by atoms with Gasteiger partial charge in [-0.25, -0.2) is 4.68 Å². The van der Waals surface area contributed by atoms with E-state index in [1.165, 1.54) is 0 Å². The highest BCUT2D eigenvalue weighted by atomic mass is 35.5. The van der Waals surface area contributed by atoms with Crippen LogP contribution < -0.4 is 11.1 Å². The molecule has 0 aliphatic heterocycles. The van der Waals surface area contributed by atoms with Crippen LogP contribution in [0, 0.1) is 13.8 Å². The first-order valence-electron chi connectivity index (χ1n) is 7.64. The van der Waals surface area contributed by atoms with Crippen LogP contribution in [0.25, 0.3) is 5.69 Å². The van der Waals surface area contributed by atoms with E-state index in [0.29, 0.717) is 16.6 Å². The zero-order valence-corrected chi connectivity index (χ0v) is 15.8. The van der Waals surface area contributed by atoms with Gasteiger partial charge in [0.15, 0.2) is 0 Å². The summed E-state index contributed by atoms with van der Waals surface area (Å²) in [6.45, 7) is 7.97. The van der Waals surface area contributed by atoms with E-state index in [4.69, 9.17) is 28.9 Å². The Bertz CT molecular complexity index is 763. The summed E-state index contributed by atoms with van der Waals surface area (Å²) in [4.78, 5) is 12.2. The summed E-state index contributed by atoms with van der Waals surface area (Å²) >= 11 is 12.0. The average Bonchev–Trinajstić information content (AvgIpc) is 2.75. The Morgan fingerprint density at radius 3 is 2.54 bits per heavy atom. The molecule has 0 aliphatic carbocycles. The molecule has 3 N–H and O–H groups in total. The molecule has 0 spiro atoms. The second-order valence-electron chi connectivity index (χ2n) is 6.60. The molecule has 2 aromatic rings. The second kappa shape index (κ2) is 7.13. The van der Waals surface area contributed by atoms with E-state index < -0.39 is 5.54 Å². The van der Waals surface area contributed by atoms with E-state index in [-0.39, 0.29) is 12.3 Å². The normalized spacial score (nSPS) is 11.6. The third-order valence-electron chi connectivity index (χ3n) is 3.67. The van der Waals surface area contributed by atoms with Crippen molar-refractivity contribution in [1.82, 2.24) is 15.1 Å². The van der Waals surface area contributed by atoms with Gasteiger partial charge in [0.1, 0.15) is 0 Å². The van der Waals surface area contributed by atoms with Crippen LogP contribution in [0.4, 0.5) is 0 Å². The second-order valence-corrected chi connectivity index (χ2v) is 7.42. The Balaban J connectivity index is 2.23. The minimum absolute atomic E-state index is 0.0755. The third kappa shape index (κ3) is 4.50. The minimum Gasteiger partial charge on any atom is -0.354 e. The average molecular weight is 369 g/mol. The van der Waals surface area contributed by atoms with Gasteiger partial charge in [0.2, 0.25) is 5.91 Å². The van der Waals surface area contributed by atoms with Crippen molar-refractivity contribution >= 4 is 29.1 Å². The van der Waals surface area contributed by atoms with Gasteiger partial charge >= 0.3 is 0 Å². The maximum absolute atomic E-state index is 12.2. The molecular weight excluding hydrogens is 347 g/mol. The molecule has 2 rings (SSSR count). The lowest BCUT2D eigenvalue weighted by Gasteiger charge is -2.18. The number of carbonyl (C=O) groups excluding carboxylic acids is 1. The first-order chi connectivity index (χ1) is 11.1. The van der Waals surface area contributed by atoms with E-state index in [9.17, 15) is 4.79 Å². The van der Waals surface area contributed by atoms with E-state index in [1.807, 2.05) is 33.8 Å². The molecule has 5 nitrogen and oxygen atoms in total. The molecule has 24 heavy (non-hydrogen) atoms. The van der Waals surface area contributed by atoms with Gasteiger partial charge in [-0.15, -0.1) is 0 Å². The Morgan fingerprint density at radius 2 is 1.96 bits per heavy atom. The molecule has 0 saturated heterocycles. The largest absolute Gasteiger partial charge is 0.354 e. The van der Waals surface area contributed by atoms with E-state index in [0.717, 1.165) is 22.6 Å². The zero-order valence-electron chi connectivity index (χ0n) is 14.3. The van der Waals surface area contributed by atoms with Crippen LogP contribution in [0.1, 0.15) is 30.8 Å². The first-order valence-corrected chi connectivity index (χ1v) is 8.40. The summed E-state index contributed by atoms with van der Waals surface area (Å²) in [5, 5.41) is 8.33. The molecule has 0 radical (unpaired) electrons. The maximum atomic E-state index is 12.2. The number of benzene rings is 1. The third-order valence-corrected chi connectivity index (χ3v) is 4.41. The van der Waals surface area contributed by atoms with Crippen LogP contribution in [0.5, 0.6) is 0 Å². The predicted molar refractivity (Wildman–Crippen MR) is 98.0 cm³/mol. The molecule has 1 aromatic carbocycles. The van der Waals surface area contributed by atoms with Crippen LogP contribution in [0.3, 0.4) is 0 Å². The molecule has 7 heteroatoms. The van der Waals surface area contributed by atoms with Crippen LogP contribution in [-0.2, 0) is 11.2 Å². The van der Waals surface area contributed by atoms with Crippen molar-refractivity contribution in [3.63, 3.8) is 0 Å². The van der Waals surface area contributed by atoms with Crippen molar-refractivity contribution in [2.24, 2.45) is 5.73 Å². The number of rotatable bonds is 5. The number of nitrogens with zero attached hydrogens (tertiary/aromatic N) is 2. The number of aryl methyl sites for hydroxylation is 1. The molecule has 0 aliphatic rings. The van der Waals surface area contributed by atoms with Gasteiger partial charge in [-0.05, 0) is 45.9 Å². The summed E-state index contributed by atoms with van der Waals surface area (Å²) in [6.07, 6.45) is 0.259. The van der Waals surface area contributed by atoms with Gasteiger partial charge < -0.3 is 11.1 Å². The molecule has 1 heterocycles. The summed E-state index contributed by atoms with van der Waals surface area (Å²) in [5.74, 6) is -0.0755. The van der Waals surface area contributed by atoms with Crippen LogP contribution in [-0.4, -0.2) is 27.8 Å². The Labute approximate surface area is 152 Å². The SMILES string of the molecule is Cc1nn(-c2ccc(Cl)c(Cl)c2)c(C)c1CC(=O)NCC(C)(C)N. The number of halogens is 2. The van der Waals surface area contributed by atoms with Gasteiger partial charge in [-0.3, -0.25) is 4.79 Å². The van der Waals surface area contributed by atoms with Crippen molar-refractivity contribution in [1.29, 1.82) is 0 Å². The topological polar surface area (TPSA) is 72.9 Å². The number of hydrogen-bond donors (Lipinski definition) is 2. The van der Waals surface area contributed by atoms with E-state index in [1.54, 1.807) is 16.8 Å². The summed E-state index contributed by atoms with van der Waals surface area (Å²) in [5.41, 5.74) is 8.85. The van der Waals surface area contributed by atoms with Crippen molar-refractivity contribution in [2.75, 3.05) is 6.54 Å². The zero-order chi connectivity index (χ0) is 18.1. The highest BCUT2D eigenvalue weighted by Gasteiger charge is 2.18. The van der Waals surface area contributed by atoms with Crippen LogP contribution in [0.2, 0.25) is 10.0 Å². The number of hydrogen-bond acceptors (Lipinski definition) is 3. The molecule has 0 atom stereocenters. The summed E-state index contributed by atoms with van der Waals surface area (Å²) in [7, 11) is 0. The fourth-order valence-electron chi connectivity index (χ4n) is 2.35. The van der Waals surface area contributed by atoms with Gasteiger partial charge in [-0.1, -0.05) is 23.2 Å². The Hall–Kier alpha value is -1.56. The Morgan fingerprint density at radius 1 is 1.29 bits per heavy atom. The Kier molecular flexibility index (Phi) is 5.58. The molecular formula is C17H22Cl2N4O. The van der Waals surface area contributed by atoms with Gasteiger partial charge in [0.05, 0.1) is 27.8 Å². The number of nitrogens with two attached hydrogens (primary N) is 1. The first kappa shape index (κ1) is 18.8. The standard InChI is InChI=1S/C17H22Cl2N4O/c1-10-13(8-16(24)21-9-17(3,4)20)11(2)23(22-10)12-5-6-14(18)15(19)7-12/h5-7H,8-9,20H2,1-4H3,(H,21,24). The van der Waals surface area contributed by atoms with Crippen LogP contribution in [0.15, 0.2) is 18.2 Å². The lowest BCUT2D eigenvalue weighted by molar-refractivity contribution is -0.120. The van der Waals surface area contributed by atoms with Crippen molar-refractivity contribution in [3.05, 3.63) is 45.2 Å². The quantitative estimate of drug-likeness (QED) is 0.850. The molecule has 1 amide bonds. The van der Waals surface area contributed by atoms with Crippen LogP contribution >= 0.6 is 23.2 Å².